The molecule has 4 nitrogen and oxygen atoms in total. The van der Waals surface area contributed by atoms with Crippen LogP contribution in [-0.4, -0.2) is 19.2 Å². The fourth-order valence-electron chi connectivity index (χ4n) is 2.23. The summed E-state index contributed by atoms with van der Waals surface area (Å²) in [5.41, 5.74) is 0. The molecular weight excluding hydrogens is 328 g/mol. The van der Waals surface area contributed by atoms with Gasteiger partial charge in [0.05, 0.1) is 9.92 Å². The van der Waals surface area contributed by atoms with Crippen LogP contribution in [-0.2, 0) is 10.0 Å². The van der Waals surface area contributed by atoms with Crippen molar-refractivity contribution in [3.8, 4) is 0 Å². The predicted octanol–water partition coefficient (Wildman–Crippen LogP) is 4.15. The summed E-state index contributed by atoms with van der Waals surface area (Å²) in [7, 11) is -3.66. The minimum Gasteiger partial charge on any atom is -0.263 e. The second kappa shape index (κ2) is 6.60. The number of hydrogen-bond donors (Lipinski definition) is 1. The van der Waals surface area contributed by atoms with Crippen molar-refractivity contribution in [3.05, 3.63) is 60.7 Å². The first-order valence-electron chi connectivity index (χ1n) is 7.20. The largest absolute Gasteiger partial charge is 0.263 e. The molecule has 118 valence electrons. The molecule has 0 radical (unpaired) electrons. The maximum Gasteiger partial charge on any atom is 0.263 e. The normalized spacial score (nSPS) is 11.5. The monoisotopic (exact) mass is 344 g/mol. The van der Waals surface area contributed by atoms with Crippen LogP contribution in [0.2, 0.25) is 0 Å². The number of nitrogens with zero attached hydrogens (tertiary/aromatic N) is 1. The lowest BCUT2D eigenvalue weighted by Gasteiger charge is -2.09. The van der Waals surface area contributed by atoms with Gasteiger partial charge >= 0.3 is 0 Å². The number of nitrogens with one attached hydrogen (secondary N) is 1. The molecule has 0 fully saturated rings. The summed E-state index contributed by atoms with van der Waals surface area (Å²) in [5, 5.41) is 2.69. The quantitative estimate of drug-likeness (QED) is 0.707. The summed E-state index contributed by atoms with van der Waals surface area (Å²) >= 11 is 1.57. The lowest BCUT2D eigenvalue weighted by Crippen LogP contribution is -2.14. The zero-order valence-corrected chi connectivity index (χ0v) is 14.2. The van der Waals surface area contributed by atoms with Crippen molar-refractivity contribution in [3.63, 3.8) is 0 Å². The number of aromatic nitrogens is 1. The van der Waals surface area contributed by atoms with Gasteiger partial charge in [0.1, 0.15) is 5.82 Å². The van der Waals surface area contributed by atoms with E-state index >= 15 is 0 Å². The van der Waals surface area contributed by atoms with E-state index in [0.29, 0.717) is 5.82 Å². The third-order valence-electron chi connectivity index (χ3n) is 3.29. The van der Waals surface area contributed by atoms with Crippen LogP contribution in [0.25, 0.3) is 10.8 Å². The highest BCUT2D eigenvalue weighted by molar-refractivity contribution is 7.99. The summed E-state index contributed by atoms with van der Waals surface area (Å²) in [5.74, 6) is 1.21. The fraction of sp³-hybridized carbons (Fsp3) is 0.118. The van der Waals surface area contributed by atoms with Crippen molar-refractivity contribution in [1.82, 2.24) is 4.98 Å². The van der Waals surface area contributed by atoms with Gasteiger partial charge in [-0.25, -0.2) is 13.4 Å². The minimum absolute atomic E-state index is 0.228. The zero-order chi connectivity index (χ0) is 16.3. The lowest BCUT2D eigenvalue weighted by molar-refractivity contribution is 0.601. The molecule has 1 heterocycles. The molecular formula is C17H16N2O2S2. The minimum atomic E-state index is -3.66. The van der Waals surface area contributed by atoms with Gasteiger partial charge in [-0.3, -0.25) is 4.72 Å². The van der Waals surface area contributed by atoms with Gasteiger partial charge in [0.2, 0.25) is 0 Å². The van der Waals surface area contributed by atoms with Crippen LogP contribution in [0.1, 0.15) is 6.92 Å². The number of thioether (sulfide) groups is 1. The van der Waals surface area contributed by atoms with E-state index in [4.69, 9.17) is 0 Å². The summed E-state index contributed by atoms with van der Waals surface area (Å²) in [6.45, 7) is 2.03. The van der Waals surface area contributed by atoms with E-state index in [2.05, 4.69) is 9.71 Å². The number of anilines is 1. The molecule has 3 rings (SSSR count). The fourth-order valence-corrected chi connectivity index (χ4v) is 3.90. The van der Waals surface area contributed by atoms with E-state index in [1.54, 1.807) is 42.1 Å². The topological polar surface area (TPSA) is 59.1 Å². The summed E-state index contributed by atoms with van der Waals surface area (Å²) in [6, 6.07) is 18.0. The van der Waals surface area contributed by atoms with Crippen LogP contribution in [0.3, 0.4) is 0 Å². The molecule has 0 atom stereocenters. The highest BCUT2D eigenvalue weighted by atomic mass is 32.2. The third-order valence-corrected chi connectivity index (χ3v) is 5.45. The number of hydrogen-bond acceptors (Lipinski definition) is 4. The standard InChI is InChI=1S/C17H16N2O2S2/c1-2-22-17-9-5-8-16(18-17)19-23(20,21)15-11-10-13-6-3-4-7-14(13)12-15/h3-12H,2H2,1H3,(H,18,19). The highest BCUT2D eigenvalue weighted by Crippen LogP contribution is 2.22. The van der Waals surface area contributed by atoms with Gasteiger partial charge in [-0.1, -0.05) is 43.3 Å². The van der Waals surface area contributed by atoms with Crippen molar-refractivity contribution >= 4 is 38.4 Å². The molecule has 0 bridgehead atoms. The van der Waals surface area contributed by atoms with E-state index < -0.39 is 10.0 Å². The Morgan fingerprint density at radius 3 is 2.57 bits per heavy atom. The van der Waals surface area contributed by atoms with Crippen LogP contribution in [0.4, 0.5) is 5.82 Å². The Balaban J connectivity index is 1.92. The predicted molar refractivity (Wildman–Crippen MR) is 95.4 cm³/mol. The van der Waals surface area contributed by atoms with Crippen molar-refractivity contribution in [2.75, 3.05) is 10.5 Å². The van der Waals surface area contributed by atoms with Gasteiger partial charge < -0.3 is 0 Å². The molecule has 1 N–H and O–H groups in total. The summed E-state index contributed by atoms with van der Waals surface area (Å²) < 4.78 is 27.7. The molecule has 0 aliphatic heterocycles. The molecule has 0 saturated carbocycles. The summed E-state index contributed by atoms with van der Waals surface area (Å²) in [4.78, 5) is 4.54. The molecule has 3 aromatic rings. The number of pyridine rings is 1. The average Bonchev–Trinajstić information content (AvgIpc) is 2.54. The maximum absolute atomic E-state index is 12.6. The SMILES string of the molecule is CCSc1cccc(NS(=O)(=O)c2ccc3ccccc3c2)n1. The Morgan fingerprint density at radius 2 is 1.78 bits per heavy atom. The lowest BCUT2D eigenvalue weighted by atomic mass is 10.1. The molecule has 0 aliphatic carbocycles. The smallest absolute Gasteiger partial charge is 0.263 e. The van der Waals surface area contributed by atoms with Gasteiger partial charge in [-0.15, -0.1) is 11.8 Å². The van der Waals surface area contributed by atoms with Crippen LogP contribution in [0, 0.1) is 0 Å². The van der Waals surface area contributed by atoms with Gasteiger partial charge in [0.15, 0.2) is 0 Å². The van der Waals surface area contributed by atoms with Gasteiger partial charge in [-0.05, 0) is 40.8 Å². The Morgan fingerprint density at radius 1 is 1.00 bits per heavy atom. The third kappa shape index (κ3) is 3.65. The van der Waals surface area contributed by atoms with E-state index in [9.17, 15) is 8.42 Å². The van der Waals surface area contributed by atoms with Crippen LogP contribution in [0.15, 0.2) is 70.6 Å². The van der Waals surface area contributed by atoms with Crippen molar-refractivity contribution in [2.45, 2.75) is 16.8 Å². The molecule has 1 aromatic heterocycles. The van der Waals surface area contributed by atoms with Gasteiger partial charge in [0, 0.05) is 0 Å². The highest BCUT2D eigenvalue weighted by Gasteiger charge is 2.15. The Hall–Kier alpha value is -2.05. The molecule has 2 aromatic carbocycles. The van der Waals surface area contributed by atoms with Crippen LogP contribution in [0.5, 0.6) is 0 Å². The summed E-state index contributed by atoms with van der Waals surface area (Å²) in [6.07, 6.45) is 0. The van der Waals surface area contributed by atoms with Crippen LogP contribution < -0.4 is 4.72 Å². The van der Waals surface area contributed by atoms with E-state index in [0.717, 1.165) is 21.6 Å². The number of sulfonamides is 1. The van der Waals surface area contributed by atoms with Crippen molar-refractivity contribution in [2.24, 2.45) is 0 Å². The number of benzene rings is 2. The zero-order valence-electron chi connectivity index (χ0n) is 12.6. The average molecular weight is 344 g/mol. The molecule has 0 spiro atoms. The first-order chi connectivity index (χ1) is 11.1. The molecule has 0 amide bonds. The number of rotatable bonds is 5. The molecule has 0 unspecified atom stereocenters. The maximum atomic E-state index is 12.6. The van der Waals surface area contributed by atoms with Gasteiger partial charge in [-0.2, -0.15) is 0 Å². The second-order valence-corrected chi connectivity index (χ2v) is 7.88. The molecule has 0 aliphatic rings. The Labute approximate surface area is 140 Å². The first-order valence-corrected chi connectivity index (χ1v) is 9.67. The molecule has 23 heavy (non-hydrogen) atoms. The van der Waals surface area contributed by atoms with Crippen molar-refractivity contribution in [1.29, 1.82) is 0 Å². The van der Waals surface area contributed by atoms with Gasteiger partial charge in [0.25, 0.3) is 10.0 Å². The Kier molecular flexibility index (Phi) is 4.54. The number of fused-ring (bicyclic) bond motifs is 1. The Bertz CT molecular complexity index is 940. The first kappa shape index (κ1) is 15.8. The van der Waals surface area contributed by atoms with E-state index in [1.807, 2.05) is 37.3 Å². The molecule has 6 heteroatoms. The van der Waals surface area contributed by atoms with Crippen molar-refractivity contribution < 1.29 is 8.42 Å². The molecule has 0 saturated heterocycles. The van der Waals surface area contributed by atoms with Crippen LogP contribution >= 0.6 is 11.8 Å². The van der Waals surface area contributed by atoms with E-state index in [-0.39, 0.29) is 4.90 Å². The second-order valence-electron chi connectivity index (χ2n) is 4.91. The van der Waals surface area contributed by atoms with E-state index in [1.165, 1.54) is 0 Å².